The molecule has 2 N–H and O–H groups in total. The SMILES string of the molecule is CCCCCCCCCCCCCCCC(=O)N[C@@H](CCC(=O)CC)C(=O)O. The number of carbonyl (C=O) groups excluding carboxylic acids is 2. The Labute approximate surface area is 172 Å². The lowest BCUT2D eigenvalue weighted by molar-refractivity contribution is -0.142. The number of hydrogen-bond acceptors (Lipinski definition) is 3. The van der Waals surface area contributed by atoms with E-state index in [9.17, 15) is 14.4 Å². The molecule has 0 saturated heterocycles. The quantitative estimate of drug-likeness (QED) is 0.254. The van der Waals surface area contributed by atoms with Crippen LogP contribution >= 0.6 is 0 Å². The van der Waals surface area contributed by atoms with Crippen molar-refractivity contribution in [3.8, 4) is 0 Å². The molecule has 0 aromatic heterocycles. The molecule has 0 spiro atoms. The first kappa shape index (κ1) is 26.6. The summed E-state index contributed by atoms with van der Waals surface area (Å²) in [5, 5.41) is 11.7. The van der Waals surface area contributed by atoms with Gasteiger partial charge in [0, 0.05) is 19.3 Å². The van der Waals surface area contributed by atoms with Crippen LogP contribution in [-0.2, 0) is 14.4 Å². The van der Waals surface area contributed by atoms with Gasteiger partial charge in [0.25, 0.3) is 0 Å². The lowest BCUT2D eigenvalue weighted by Crippen LogP contribution is -2.41. The number of ketones is 1. The van der Waals surface area contributed by atoms with E-state index >= 15 is 0 Å². The van der Waals surface area contributed by atoms with Gasteiger partial charge in [-0.25, -0.2) is 4.79 Å². The van der Waals surface area contributed by atoms with Gasteiger partial charge in [0.1, 0.15) is 11.8 Å². The Morgan fingerprint density at radius 1 is 0.714 bits per heavy atom. The smallest absolute Gasteiger partial charge is 0.326 e. The number of carboxylic acids is 1. The van der Waals surface area contributed by atoms with Crippen molar-refractivity contribution in [1.82, 2.24) is 5.32 Å². The van der Waals surface area contributed by atoms with Crippen molar-refractivity contribution >= 4 is 17.7 Å². The normalized spacial score (nSPS) is 11.9. The molecule has 0 aliphatic rings. The topological polar surface area (TPSA) is 83.5 Å². The van der Waals surface area contributed by atoms with Crippen LogP contribution in [0.4, 0.5) is 0 Å². The molecule has 0 heterocycles. The first-order chi connectivity index (χ1) is 13.5. The highest BCUT2D eigenvalue weighted by atomic mass is 16.4. The third-order valence-corrected chi connectivity index (χ3v) is 5.25. The number of aliphatic carboxylic acids is 1. The molecule has 0 saturated carbocycles. The third kappa shape index (κ3) is 16.8. The minimum absolute atomic E-state index is 0.0250. The third-order valence-electron chi connectivity index (χ3n) is 5.25. The number of rotatable bonds is 20. The first-order valence-electron chi connectivity index (χ1n) is 11.5. The fourth-order valence-electron chi connectivity index (χ4n) is 3.31. The van der Waals surface area contributed by atoms with Gasteiger partial charge in [0.05, 0.1) is 0 Å². The molecule has 0 unspecified atom stereocenters. The average Bonchev–Trinajstić information content (AvgIpc) is 2.68. The maximum Gasteiger partial charge on any atom is 0.326 e. The average molecular weight is 398 g/mol. The van der Waals surface area contributed by atoms with Crippen LogP contribution in [0, 0.1) is 0 Å². The Morgan fingerprint density at radius 3 is 1.61 bits per heavy atom. The zero-order valence-corrected chi connectivity index (χ0v) is 18.3. The van der Waals surface area contributed by atoms with Crippen LogP contribution in [0.1, 0.15) is 123 Å². The number of nitrogens with one attached hydrogen (secondary N) is 1. The Hall–Kier alpha value is -1.39. The Balaban J connectivity index is 3.57. The molecule has 5 heteroatoms. The maximum absolute atomic E-state index is 11.9. The number of amides is 1. The van der Waals surface area contributed by atoms with Crippen LogP contribution in [0.2, 0.25) is 0 Å². The second kappa shape index (κ2) is 18.9. The van der Waals surface area contributed by atoms with Crippen molar-refractivity contribution in [1.29, 1.82) is 0 Å². The molecule has 0 rings (SSSR count). The van der Waals surface area contributed by atoms with Gasteiger partial charge in [0.2, 0.25) is 5.91 Å². The molecule has 0 radical (unpaired) electrons. The van der Waals surface area contributed by atoms with Crippen molar-refractivity contribution in [2.75, 3.05) is 0 Å². The summed E-state index contributed by atoms with van der Waals surface area (Å²) in [4.78, 5) is 34.4. The lowest BCUT2D eigenvalue weighted by Gasteiger charge is -2.14. The summed E-state index contributed by atoms with van der Waals surface area (Å²) >= 11 is 0. The molecule has 164 valence electrons. The highest BCUT2D eigenvalue weighted by molar-refractivity contribution is 5.84. The van der Waals surface area contributed by atoms with E-state index in [2.05, 4.69) is 12.2 Å². The molecule has 0 fully saturated rings. The molecule has 28 heavy (non-hydrogen) atoms. The number of hydrogen-bond donors (Lipinski definition) is 2. The minimum atomic E-state index is -1.07. The second-order valence-corrected chi connectivity index (χ2v) is 7.88. The molecular formula is C23H43NO4. The minimum Gasteiger partial charge on any atom is -0.480 e. The van der Waals surface area contributed by atoms with Gasteiger partial charge in [-0.2, -0.15) is 0 Å². The van der Waals surface area contributed by atoms with Gasteiger partial charge in [-0.3, -0.25) is 9.59 Å². The summed E-state index contributed by atoms with van der Waals surface area (Å²) in [5.74, 6) is -1.26. The fourth-order valence-corrected chi connectivity index (χ4v) is 3.31. The summed E-state index contributed by atoms with van der Waals surface area (Å²) in [7, 11) is 0. The number of unbranched alkanes of at least 4 members (excludes halogenated alkanes) is 12. The van der Waals surface area contributed by atoms with Crippen LogP contribution in [0.5, 0.6) is 0 Å². The second-order valence-electron chi connectivity index (χ2n) is 7.88. The van der Waals surface area contributed by atoms with E-state index in [1.807, 2.05) is 0 Å². The summed E-state index contributed by atoms with van der Waals surface area (Å²) in [5.41, 5.74) is 0. The van der Waals surface area contributed by atoms with Gasteiger partial charge < -0.3 is 10.4 Å². The van der Waals surface area contributed by atoms with Gasteiger partial charge in [-0.15, -0.1) is 0 Å². The predicted octanol–water partition coefficient (Wildman–Crippen LogP) is 5.80. The van der Waals surface area contributed by atoms with Gasteiger partial charge in [-0.05, 0) is 12.8 Å². The zero-order chi connectivity index (χ0) is 21.0. The van der Waals surface area contributed by atoms with Crippen molar-refractivity contribution in [2.24, 2.45) is 0 Å². The van der Waals surface area contributed by atoms with Crippen LogP contribution in [0.15, 0.2) is 0 Å². The molecule has 0 aromatic carbocycles. The molecule has 5 nitrogen and oxygen atoms in total. The highest BCUT2D eigenvalue weighted by Crippen LogP contribution is 2.13. The summed E-state index contributed by atoms with van der Waals surface area (Å²) in [6.45, 7) is 4.00. The van der Waals surface area contributed by atoms with Crippen LogP contribution < -0.4 is 5.32 Å². The van der Waals surface area contributed by atoms with Gasteiger partial charge in [0.15, 0.2) is 0 Å². The summed E-state index contributed by atoms with van der Waals surface area (Å²) in [6, 6.07) is -0.954. The Bertz CT molecular complexity index is 423. The van der Waals surface area contributed by atoms with Crippen molar-refractivity contribution in [3.63, 3.8) is 0 Å². The molecule has 0 aliphatic heterocycles. The monoisotopic (exact) mass is 397 g/mol. The molecular weight excluding hydrogens is 354 g/mol. The van der Waals surface area contributed by atoms with E-state index in [0.29, 0.717) is 12.8 Å². The van der Waals surface area contributed by atoms with Gasteiger partial charge >= 0.3 is 5.97 Å². The van der Waals surface area contributed by atoms with E-state index in [1.54, 1.807) is 6.92 Å². The van der Waals surface area contributed by atoms with Crippen LogP contribution in [0.3, 0.4) is 0 Å². The van der Waals surface area contributed by atoms with Crippen molar-refractivity contribution < 1.29 is 19.5 Å². The Kier molecular flexibility index (Phi) is 18.0. The molecule has 0 aromatic rings. The molecule has 1 atom stereocenters. The van der Waals surface area contributed by atoms with Gasteiger partial charge in [-0.1, -0.05) is 90.9 Å². The zero-order valence-electron chi connectivity index (χ0n) is 18.3. The lowest BCUT2D eigenvalue weighted by atomic mass is 10.0. The van der Waals surface area contributed by atoms with E-state index < -0.39 is 12.0 Å². The van der Waals surface area contributed by atoms with E-state index in [0.717, 1.165) is 19.3 Å². The summed E-state index contributed by atoms with van der Waals surface area (Å²) in [6.07, 6.45) is 17.4. The predicted molar refractivity (Wildman–Crippen MR) is 114 cm³/mol. The van der Waals surface area contributed by atoms with Crippen LogP contribution in [-0.4, -0.2) is 28.8 Å². The van der Waals surface area contributed by atoms with E-state index in [1.165, 1.54) is 64.2 Å². The Morgan fingerprint density at radius 2 is 1.18 bits per heavy atom. The number of carbonyl (C=O) groups is 3. The highest BCUT2D eigenvalue weighted by Gasteiger charge is 2.20. The van der Waals surface area contributed by atoms with E-state index in [-0.39, 0.29) is 24.5 Å². The first-order valence-corrected chi connectivity index (χ1v) is 11.5. The standard InChI is InChI=1S/C23H43NO4/c1-3-5-6-7-8-9-10-11-12-13-14-15-16-17-22(26)24-21(23(27)28)19-18-20(25)4-2/h21H,3-19H2,1-2H3,(H,24,26)(H,27,28)/t21-/m0/s1. The summed E-state index contributed by atoms with van der Waals surface area (Å²) < 4.78 is 0. The van der Waals surface area contributed by atoms with Crippen LogP contribution in [0.25, 0.3) is 0 Å². The fraction of sp³-hybridized carbons (Fsp3) is 0.870. The van der Waals surface area contributed by atoms with Crippen molar-refractivity contribution in [3.05, 3.63) is 0 Å². The number of Topliss-reactive ketones (excluding diaryl/α,β-unsaturated/α-hetero) is 1. The largest absolute Gasteiger partial charge is 0.480 e. The van der Waals surface area contributed by atoms with Crippen molar-refractivity contribution in [2.45, 2.75) is 129 Å². The molecule has 0 bridgehead atoms. The molecule has 1 amide bonds. The number of carboxylic acid groups (broad SMARTS) is 1. The van der Waals surface area contributed by atoms with E-state index in [4.69, 9.17) is 5.11 Å². The molecule has 0 aliphatic carbocycles. The maximum atomic E-state index is 11.9.